The molecule has 170 valence electrons. The minimum atomic E-state index is -3.67. The molecule has 4 heterocycles. The van der Waals surface area contributed by atoms with Crippen LogP contribution in [0.3, 0.4) is 0 Å². The molecule has 0 radical (unpaired) electrons. The van der Waals surface area contributed by atoms with Gasteiger partial charge in [0.1, 0.15) is 4.21 Å². The highest BCUT2D eigenvalue weighted by Gasteiger charge is 2.36. The monoisotopic (exact) mass is 467 g/mol. The summed E-state index contributed by atoms with van der Waals surface area (Å²) >= 11 is 1.14. The number of thiophene rings is 1. The fraction of sp³-hybridized carbons (Fsp3) is 0.650. The van der Waals surface area contributed by atoms with Crippen molar-refractivity contribution in [3.05, 3.63) is 17.3 Å². The summed E-state index contributed by atoms with van der Waals surface area (Å²) in [7, 11) is -3.67. The largest absolute Gasteiger partial charge is 0.340 e. The summed E-state index contributed by atoms with van der Waals surface area (Å²) < 4.78 is 33.2. The molecule has 9 nitrogen and oxygen atoms in total. The predicted molar refractivity (Wildman–Crippen MR) is 117 cm³/mol. The third-order valence-corrected chi connectivity index (χ3v) is 9.19. The smallest absolute Gasteiger partial charge is 0.252 e. The quantitative estimate of drug-likeness (QED) is 0.641. The van der Waals surface area contributed by atoms with E-state index >= 15 is 0 Å². The van der Waals surface area contributed by atoms with E-state index in [-0.39, 0.29) is 22.6 Å². The average molecular weight is 468 g/mol. The Labute approximate surface area is 187 Å². The summed E-state index contributed by atoms with van der Waals surface area (Å²) in [6.07, 6.45) is 2.53. The van der Waals surface area contributed by atoms with Gasteiger partial charge in [0.25, 0.3) is 10.0 Å². The summed E-state index contributed by atoms with van der Waals surface area (Å²) in [5, 5.41) is 5.58. The molecule has 1 atom stereocenters. The van der Waals surface area contributed by atoms with Crippen LogP contribution in [0.15, 0.2) is 20.2 Å². The predicted octanol–water partition coefficient (Wildman–Crippen LogP) is 2.06. The van der Waals surface area contributed by atoms with Crippen molar-refractivity contribution in [1.82, 2.24) is 24.2 Å². The van der Waals surface area contributed by atoms with Gasteiger partial charge in [-0.3, -0.25) is 9.69 Å². The Kier molecular flexibility index (Phi) is 6.75. The van der Waals surface area contributed by atoms with Gasteiger partial charge in [0.15, 0.2) is 0 Å². The van der Waals surface area contributed by atoms with E-state index in [9.17, 15) is 13.2 Å². The maximum Gasteiger partial charge on any atom is 0.252 e. The second-order valence-electron chi connectivity index (χ2n) is 8.16. The first kappa shape index (κ1) is 22.4. The fourth-order valence-electron chi connectivity index (χ4n) is 4.24. The number of piperazine rings is 1. The minimum Gasteiger partial charge on any atom is -0.340 e. The van der Waals surface area contributed by atoms with Gasteiger partial charge in [-0.1, -0.05) is 12.1 Å². The van der Waals surface area contributed by atoms with Gasteiger partial charge in [-0.2, -0.15) is 9.29 Å². The number of aromatic nitrogens is 2. The van der Waals surface area contributed by atoms with E-state index < -0.39 is 10.0 Å². The van der Waals surface area contributed by atoms with Crippen molar-refractivity contribution in [2.75, 3.05) is 45.8 Å². The number of hydrogen-bond acceptors (Lipinski definition) is 8. The summed E-state index contributed by atoms with van der Waals surface area (Å²) in [5.74, 6) is 0.619. The lowest BCUT2D eigenvalue weighted by atomic mass is 9.98. The van der Waals surface area contributed by atoms with Gasteiger partial charge >= 0.3 is 0 Å². The lowest BCUT2D eigenvalue weighted by Gasteiger charge is -2.38. The standard InChI is InChI=1S/C20H29N5O4S2/c1-3-6-23-8-10-24(11-9-23)20(26)16-5-4-7-25(13-16)31(27,28)18-12-17(14-30-18)19-21-15(2)29-22-19/h12,14,16H,3-11,13H2,1-2H3. The second kappa shape index (κ2) is 9.35. The van der Waals surface area contributed by atoms with Crippen LogP contribution >= 0.6 is 11.3 Å². The molecule has 0 aliphatic carbocycles. The van der Waals surface area contributed by atoms with Gasteiger partial charge < -0.3 is 9.42 Å². The average Bonchev–Trinajstić information content (AvgIpc) is 3.44. The second-order valence-corrected chi connectivity index (χ2v) is 11.2. The van der Waals surface area contributed by atoms with E-state index in [1.54, 1.807) is 18.4 Å². The zero-order valence-corrected chi connectivity index (χ0v) is 19.6. The van der Waals surface area contributed by atoms with Gasteiger partial charge in [-0.15, -0.1) is 11.3 Å². The summed E-state index contributed by atoms with van der Waals surface area (Å²) in [5.41, 5.74) is 0.620. The zero-order chi connectivity index (χ0) is 22.0. The Morgan fingerprint density at radius 2 is 2.03 bits per heavy atom. The van der Waals surface area contributed by atoms with Gasteiger partial charge in [-0.05, 0) is 31.9 Å². The van der Waals surface area contributed by atoms with E-state index in [4.69, 9.17) is 4.52 Å². The van der Waals surface area contributed by atoms with Crippen molar-refractivity contribution in [3.63, 3.8) is 0 Å². The van der Waals surface area contributed by atoms with Crippen LogP contribution in [0.25, 0.3) is 11.4 Å². The first-order valence-corrected chi connectivity index (χ1v) is 13.1. The van der Waals surface area contributed by atoms with Gasteiger partial charge in [-0.25, -0.2) is 8.42 Å². The van der Waals surface area contributed by atoms with Crippen LogP contribution in [0.4, 0.5) is 0 Å². The molecule has 2 saturated heterocycles. The number of piperidine rings is 1. The molecule has 2 aromatic heterocycles. The topological polar surface area (TPSA) is 99.8 Å². The maximum absolute atomic E-state index is 13.2. The number of carbonyl (C=O) groups is 1. The number of sulfonamides is 1. The minimum absolute atomic E-state index is 0.0881. The number of rotatable bonds is 6. The number of aryl methyl sites for hydroxylation is 1. The van der Waals surface area contributed by atoms with Crippen molar-refractivity contribution in [1.29, 1.82) is 0 Å². The van der Waals surface area contributed by atoms with E-state index in [0.717, 1.165) is 56.9 Å². The molecule has 0 aromatic carbocycles. The van der Waals surface area contributed by atoms with Crippen molar-refractivity contribution >= 4 is 27.3 Å². The molecule has 2 aliphatic rings. The molecule has 0 bridgehead atoms. The lowest BCUT2D eigenvalue weighted by molar-refractivity contribution is -0.138. The Hall–Kier alpha value is -1.82. The molecule has 2 aliphatic heterocycles. The van der Waals surface area contributed by atoms with E-state index in [0.29, 0.717) is 30.2 Å². The van der Waals surface area contributed by atoms with Gasteiger partial charge in [0.05, 0.1) is 5.92 Å². The molecule has 2 fully saturated rings. The van der Waals surface area contributed by atoms with E-state index in [1.165, 1.54) is 4.31 Å². The lowest BCUT2D eigenvalue weighted by Crippen LogP contribution is -2.53. The molecule has 0 N–H and O–H groups in total. The molecule has 4 rings (SSSR count). The first-order chi connectivity index (χ1) is 14.9. The number of amides is 1. The van der Waals surface area contributed by atoms with Crippen LogP contribution < -0.4 is 0 Å². The van der Waals surface area contributed by atoms with Crippen LogP contribution in [0.1, 0.15) is 32.1 Å². The number of hydrogen-bond donors (Lipinski definition) is 0. The van der Waals surface area contributed by atoms with Crippen LogP contribution in [-0.2, 0) is 14.8 Å². The van der Waals surface area contributed by atoms with Gasteiger partial charge in [0.2, 0.25) is 17.6 Å². The molecule has 0 saturated carbocycles. The summed E-state index contributed by atoms with van der Waals surface area (Å²) in [6.45, 7) is 8.81. The number of nitrogens with zero attached hydrogens (tertiary/aromatic N) is 5. The molecule has 1 unspecified atom stereocenters. The van der Waals surface area contributed by atoms with Crippen LogP contribution in [-0.4, -0.2) is 84.4 Å². The van der Waals surface area contributed by atoms with Crippen LogP contribution in [0.2, 0.25) is 0 Å². The molecular formula is C20H29N5O4S2. The van der Waals surface area contributed by atoms with Crippen LogP contribution in [0, 0.1) is 12.8 Å². The van der Waals surface area contributed by atoms with Gasteiger partial charge in [0, 0.05) is 57.1 Å². The molecule has 31 heavy (non-hydrogen) atoms. The highest BCUT2D eigenvalue weighted by Crippen LogP contribution is 2.31. The maximum atomic E-state index is 13.2. The SMILES string of the molecule is CCCN1CCN(C(=O)C2CCCN(S(=O)(=O)c3cc(-c4noc(C)n4)cs3)C2)CC1. The van der Waals surface area contributed by atoms with Crippen molar-refractivity contribution in [3.8, 4) is 11.4 Å². The molecule has 1 amide bonds. The third-order valence-electron chi connectivity index (χ3n) is 5.91. The normalized spacial score (nSPS) is 21.5. The Bertz CT molecular complexity index is 1010. The number of carbonyl (C=O) groups excluding carboxylic acids is 1. The first-order valence-electron chi connectivity index (χ1n) is 10.8. The van der Waals surface area contributed by atoms with Crippen molar-refractivity contribution < 1.29 is 17.7 Å². The third kappa shape index (κ3) is 4.84. The van der Waals surface area contributed by atoms with E-state index in [2.05, 4.69) is 22.0 Å². The molecule has 0 spiro atoms. The molecule has 11 heteroatoms. The Balaban J connectivity index is 1.42. The Morgan fingerprint density at radius 1 is 1.26 bits per heavy atom. The van der Waals surface area contributed by atoms with Crippen molar-refractivity contribution in [2.24, 2.45) is 5.92 Å². The fourth-order valence-corrected chi connectivity index (χ4v) is 7.08. The molecule has 2 aromatic rings. The van der Waals surface area contributed by atoms with E-state index in [1.807, 2.05) is 4.90 Å². The zero-order valence-electron chi connectivity index (χ0n) is 18.0. The molecular weight excluding hydrogens is 438 g/mol. The summed E-state index contributed by atoms with van der Waals surface area (Å²) in [4.78, 5) is 21.5. The summed E-state index contributed by atoms with van der Waals surface area (Å²) in [6, 6.07) is 1.59. The van der Waals surface area contributed by atoms with Crippen molar-refractivity contribution in [2.45, 2.75) is 37.3 Å². The Morgan fingerprint density at radius 3 is 2.71 bits per heavy atom. The van der Waals surface area contributed by atoms with Crippen LogP contribution in [0.5, 0.6) is 0 Å². The highest BCUT2D eigenvalue weighted by molar-refractivity contribution is 7.91. The highest BCUT2D eigenvalue weighted by atomic mass is 32.2.